The number of hydrogen-bond donors (Lipinski definition) is 1. The molecule has 0 aliphatic heterocycles. The molecular weight excluding hydrogens is 326 g/mol. The van der Waals surface area contributed by atoms with Crippen LogP contribution in [-0.2, 0) is 21.5 Å². The lowest BCUT2D eigenvalue weighted by atomic mass is 9.85. The second-order valence-corrected chi connectivity index (χ2v) is 7.29. The number of benzene rings is 1. The molecule has 0 spiro atoms. The standard InChI is InChI=1S/C21H27N3O2/c1-16(25)24(19-11-6-5-10-18(19)21(2,3)4)14-12-20(26)23-15-17-9-7-8-13-22-17/h5-11,13H,12,14-15H2,1-4H3,(H,23,26). The van der Waals surface area contributed by atoms with Gasteiger partial charge in [-0.15, -0.1) is 0 Å². The van der Waals surface area contributed by atoms with E-state index in [1.807, 2.05) is 42.5 Å². The van der Waals surface area contributed by atoms with Crippen molar-refractivity contribution in [2.75, 3.05) is 11.4 Å². The minimum absolute atomic E-state index is 0.0702. The smallest absolute Gasteiger partial charge is 0.223 e. The Kier molecular flexibility index (Phi) is 6.50. The molecule has 0 radical (unpaired) electrons. The SMILES string of the molecule is CC(=O)N(CCC(=O)NCc1ccccn1)c1ccccc1C(C)(C)C. The van der Waals surface area contributed by atoms with Gasteiger partial charge in [0.15, 0.2) is 0 Å². The van der Waals surface area contributed by atoms with Crippen LogP contribution in [0.25, 0.3) is 0 Å². The van der Waals surface area contributed by atoms with Crippen LogP contribution in [0.3, 0.4) is 0 Å². The lowest BCUT2D eigenvalue weighted by Crippen LogP contribution is -2.35. The van der Waals surface area contributed by atoms with E-state index in [0.29, 0.717) is 13.1 Å². The van der Waals surface area contributed by atoms with Gasteiger partial charge in [0.05, 0.1) is 12.2 Å². The van der Waals surface area contributed by atoms with E-state index in [-0.39, 0.29) is 23.7 Å². The van der Waals surface area contributed by atoms with Gasteiger partial charge in [-0.1, -0.05) is 45.0 Å². The van der Waals surface area contributed by atoms with Gasteiger partial charge in [0.2, 0.25) is 11.8 Å². The summed E-state index contributed by atoms with van der Waals surface area (Å²) >= 11 is 0. The molecule has 1 aromatic carbocycles. The summed E-state index contributed by atoms with van der Waals surface area (Å²) in [5, 5.41) is 2.85. The predicted octanol–water partition coefficient (Wildman–Crippen LogP) is 3.44. The van der Waals surface area contributed by atoms with Crippen LogP contribution in [-0.4, -0.2) is 23.3 Å². The molecule has 138 valence electrons. The van der Waals surface area contributed by atoms with Crippen molar-refractivity contribution in [1.29, 1.82) is 0 Å². The zero-order valence-corrected chi connectivity index (χ0v) is 16.0. The fourth-order valence-electron chi connectivity index (χ4n) is 2.78. The average Bonchev–Trinajstić information content (AvgIpc) is 2.60. The Morgan fingerprint density at radius 1 is 1.08 bits per heavy atom. The Balaban J connectivity index is 2.03. The lowest BCUT2D eigenvalue weighted by molar-refractivity contribution is -0.121. The maximum atomic E-state index is 12.2. The first-order chi connectivity index (χ1) is 12.3. The molecule has 2 amide bonds. The van der Waals surface area contributed by atoms with Crippen LogP contribution in [0.4, 0.5) is 5.69 Å². The molecule has 0 fully saturated rings. The first-order valence-electron chi connectivity index (χ1n) is 8.83. The fraction of sp³-hybridized carbons (Fsp3) is 0.381. The van der Waals surface area contributed by atoms with Crippen molar-refractivity contribution >= 4 is 17.5 Å². The van der Waals surface area contributed by atoms with Gasteiger partial charge >= 0.3 is 0 Å². The van der Waals surface area contributed by atoms with Crippen LogP contribution in [0, 0.1) is 0 Å². The van der Waals surface area contributed by atoms with Crippen LogP contribution in [0.15, 0.2) is 48.7 Å². The largest absolute Gasteiger partial charge is 0.350 e. The fourth-order valence-corrected chi connectivity index (χ4v) is 2.78. The molecule has 2 aromatic rings. The van der Waals surface area contributed by atoms with Gasteiger partial charge < -0.3 is 10.2 Å². The van der Waals surface area contributed by atoms with Gasteiger partial charge in [0.1, 0.15) is 0 Å². The van der Waals surface area contributed by atoms with Crippen molar-refractivity contribution in [2.24, 2.45) is 0 Å². The maximum absolute atomic E-state index is 12.2. The Morgan fingerprint density at radius 3 is 2.38 bits per heavy atom. The summed E-state index contributed by atoms with van der Waals surface area (Å²) in [6.07, 6.45) is 1.94. The number of hydrogen-bond acceptors (Lipinski definition) is 3. The number of aromatic nitrogens is 1. The van der Waals surface area contributed by atoms with Crippen molar-refractivity contribution in [1.82, 2.24) is 10.3 Å². The Hall–Kier alpha value is -2.69. The molecule has 0 atom stereocenters. The van der Waals surface area contributed by atoms with Gasteiger partial charge in [-0.25, -0.2) is 0 Å². The van der Waals surface area contributed by atoms with Gasteiger partial charge in [-0.2, -0.15) is 0 Å². The predicted molar refractivity (Wildman–Crippen MR) is 104 cm³/mol. The van der Waals surface area contributed by atoms with E-state index < -0.39 is 0 Å². The van der Waals surface area contributed by atoms with Crippen LogP contribution >= 0.6 is 0 Å². The molecule has 0 unspecified atom stereocenters. The van der Waals surface area contributed by atoms with E-state index in [4.69, 9.17) is 0 Å². The highest BCUT2D eigenvalue weighted by Gasteiger charge is 2.23. The number of carbonyl (C=O) groups excluding carboxylic acids is 2. The molecule has 0 saturated heterocycles. The molecule has 1 heterocycles. The number of pyridine rings is 1. The summed E-state index contributed by atoms with van der Waals surface area (Å²) in [5.74, 6) is -0.172. The molecular formula is C21H27N3O2. The summed E-state index contributed by atoms with van der Waals surface area (Å²) in [4.78, 5) is 30.2. The molecule has 0 aliphatic rings. The Labute approximate surface area is 155 Å². The molecule has 1 aromatic heterocycles. The zero-order chi connectivity index (χ0) is 19.2. The maximum Gasteiger partial charge on any atom is 0.223 e. The third-order valence-corrected chi connectivity index (χ3v) is 4.14. The number of rotatable bonds is 6. The first kappa shape index (κ1) is 19.6. The number of amides is 2. The van der Waals surface area contributed by atoms with E-state index in [9.17, 15) is 9.59 Å². The quantitative estimate of drug-likeness (QED) is 0.865. The Morgan fingerprint density at radius 2 is 1.77 bits per heavy atom. The molecule has 26 heavy (non-hydrogen) atoms. The van der Waals surface area contributed by atoms with Crippen molar-refractivity contribution in [3.05, 3.63) is 59.9 Å². The van der Waals surface area contributed by atoms with Crippen LogP contribution in [0.5, 0.6) is 0 Å². The molecule has 0 aliphatic carbocycles. The monoisotopic (exact) mass is 353 g/mol. The third kappa shape index (κ3) is 5.41. The molecule has 1 N–H and O–H groups in total. The molecule has 0 bridgehead atoms. The summed E-state index contributed by atoms with van der Waals surface area (Å²) in [6.45, 7) is 8.61. The van der Waals surface area contributed by atoms with E-state index in [1.54, 1.807) is 11.1 Å². The normalized spacial score (nSPS) is 11.1. The number of para-hydroxylation sites is 1. The first-order valence-corrected chi connectivity index (χ1v) is 8.83. The van der Waals surface area contributed by atoms with Crippen molar-refractivity contribution in [3.8, 4) is 0 Å². The topological polar surface area (TPSA) is 62.3 Å². The van der Waals surface area contributed by atoms with Crippen molar-refractivity contribution in [2.45, 2.75) is 46.1 Å². The highest BCUT2D eigenvalue weighted by molar-refractivity contribution is 5.93. The second kappa shape index (κ2) is 8.61. The highest BCUT2D eigenvalue weighted by Crippen LogP contribution is 2.32. The average molecular weight is 353 g/mol. The van der Waals surface area contributed by atoms with Gasteiger partial charge in [0.25, 0.3) is 0 Å². The van der Waals surface area contributed by atoms with Gasteiger partial charge in [0, 0.05) is 31.8 Å². The molecule has 0 saturated carbocycles. The van der Waals surface area contributed by atoms with Crippen LogP contribution in [0.2, 0.25) is 0 Å². The van der Waals surface area contributed by atoms with Crippen molar-refractivity contribution < 1.29 is 9.59 Å². The summed E-state index contributed by atoms with van der Waals surface area (Å²) in [7, 11) is 0. The number of anilines is 1. The van der Waals surface area contributed by atoms with E-state index in [1.165, 1.54) is 6.92 Å². The van der Waals surface area contributed by atoms with E-state index in [2.05, 4.69) is 31.1 Å². The lowest BCUT2D eigenvalue weighted by Gasteiger charge is -2.29. The number of nitrogens with zero attached hydrogens (tertiary/aromatic N) is 2. The minimum atomic E-state index is -0.102. The molecule has 5 heteroatoms. The summed E-state index contributed by atoms with van der Waals surface area (Å²) in [5.41, 5.74) is 2.67. The Bertz CT molecular complexity index is 751. The second-order valence-electron chi connectivity index (χ2n) is 7.29. The van der Waals surface area contributed by atoms with E-state index >= 15 is 0 Å². The van der Waals surface area contributed by atoms with Crippen molar-refractivity contribution in [3.63, 3.8) is 0 Å². The van der Waals surface area contributed by atoms with Gasteiger partial charge in [-0.3, -0.25) is 14.6 Å². The summed E-state index contributed by atoms with van der Waals surface area (Å²) in [6, 6.07) is 13.4. The minimum Gasteiger partial charge on any atom is -0.350 e. The summed E-state index contributed by atoms with van der Waals surface area (Å²) < 4.78 is 0. The molecule has 2 rings (SSSR count). The number of carbonyl (C=O) groups is 2. The highest BCUT2D eigenvalue weighted by atomic mass is 16.2. The van der Waals surface area contributed by atoms with Crippen LogP contribution < -0.4 is 10.2 Å². The van der Waals surface area contributed by atoms with Gasteiger partial charge in [-0.05, 0) is 29.2 Å². The number of nitrogens with one attached hydrogen (secondary N) is 1. The third-order valence-electron chi connectivity index (χ3n) is 4.14. The van der Waals surface area contributed by atoms with Crippen LogP contribution in [0.1, 0.15) is 45.4 Å². The van der Waals surface area contributed by atoms with E-state index in [0.717, 1.165) is 16.9 Å². The molecule has 5 nitrogen and oxygen atoms in total. The zero-order valence-electron chi connectivity index (χ0n) is 16.0.